The van der Waals surface area contributed by atoms with E-state index in [-0.39, 0.29) is 18.0 Å². The number of amides is 3. The molecule has 2 aliphatic rings. The number of ether oxygens (including phenoxy) is 1. The van der Waals surface area contributed by atoms with Crippen LogP contribution in [0.15, 0.2) is 48.5 Å². The molecular weight excluding hydrogens is 318 g/mol. The zero-order chi connectivity index (χ0) is 17.2. The largest absolute Gasteiger partial charge is 0.493 e. The second-order valence-electron chi connectivity index (χ2n) is 6.13. The third-order valence-corrected chi connectivity index (χ3v) is 4.56. The highest BCUT2D eigenvalue weighted by Gasteiger charge is 2.24. The fourth-order valence-electron chi connectivity index (χ4n) is 3.24. The molecule has 0 saturated carbocycles. The fraction of sp³-hybridized carbons (Fsp3) is 0.263. The van der Waals surface area contributed by atoms with Gasteiger partial charge in [0.1, 0.15) is 5.75 Å². The van der Waals surface area contributed by atoms with Crippen molar-refractivity contribution >= 4 is 17.6 Å². The van der Waals surface area contributed by atoms with Gasteiger partial charge < -0.3 is 15.4 Å². The number of nitrogens with one attached hydrogen (secondary N) is 2. The number of anilines is 1. The van der Waals surface area contributed by atoms with Gasteiger partial charge in [0.2, 0.25) is 0 Å². The van der Waals surface area contributed by atoms with Crippen molar-refractivity contribution in [3.8, 4) is 5.75 Å². The summed E-state index contributed by atoms with van der Waals surface area (Å²) in [5, 5.41) is 5.84. The lowest BCUT2D eigenvalue weighted by atomic mass is 10.00. The van der Waals surface area contributed by atoms with Gasteiger partial charge in [-0.3, -0.25) is 9.69 Å². The molecule has 0 unspecified atom stereocenters. The fourth-order valence-corrected chi connectivity index (χ4v) is 3.24. The summed E-state index contributed by atoms with van der Waals surface area (Å²) in [7, 11) is 0. The molecule has 6 heteroatoms. The van der Waals surface area contributed by atoms with Gasteiger partial charge in [-0.15, -0.1) is 0 Å². The van der Waals surface area contributed by atoms with E-state index in [9.17, 15) is 9.59 Å². The number of fused-ring (bicyclic) bond motifs is 1. The van der Waals surface area contributed by atoms with Crippen LogP contribution in [0.4, 0.5) is 10.5 Å². The summed E-state index contributed by atoms with van der Waals surface area (Å²) in [4.78, 5) is 25.9. The molecule has 0 spiro atoms. The molecule has 0 bridgehead atoms. The number of urea groups is 1. The lowest BCUT2D eigenvalue weighted by Crippen LogP contribution is -2.32. The number of carbonyl (C=O) groups is 2. The van der Waals surface area contributed by atoms with Crippen molar-refractivity contribution in [2.24, 2.45) is 0 Å². The summed E-state index contributed by atoms with van der Waals surface area (Å²) in [6.45, 7) is 1.87. The smallest absolute Gasteiger partial charge is 0.321 e. The average Bonchev–Trinajstić information content (AvgIpc) is 3.08. The van der Waals surface area contributed by atoms with E-state index in [1.54, 1.807) is 29.2 Å². The first-order valence-electron chi connectivity index (χ1n) is 8.40. The minimum Gasteiger partial charge on any atom is -0.493 e. The third kappa shape index (κ3) is 3.03. The van der Waals surface area contributed by atoms with Crippen LogP contribution in [-0.4, -0.2) is 31.6 Å². The molecule has 1 saturated heterocycles. The molecule has 1 fully saturated rings. The summed E-state index contributed by atoms with van der Waals surface area (Å²) in [5.74, 6) is 0.702. The molecular formula is C19H19N3O3. The summed E-state index contributed by atoms with van der Waals surface area (Å²) < 4.78 is 5.63. The molecule has 2 aromatic rings. The topological polar surface area (TPSA) is 70.7 Å². The Bertz CT molecular complexity index is 804. The highest BCUT2D eigenvalue weighted by Crippen LogP contribution is 2.31. The molecule has 6 nitrogen and oxygen atoms in total. The number of rotatable bonds is 3. The van der Waals surface area contributed by atoms with Crippen molar-refractivity contribution in [3.63, 3.8) is 0 Å². The summed E-state index contributed by atoms with van der Waals surface area (Å²) >= 11 is 0. The molecule has 3 amide bonds. The molecule has 4 rings (SSSR count). The Balaban J connectivity index is 1.48. The molecule has 0 aromatic heterocycles. The molecule has 2 aliphatic heterocycles. The maximum atomic E-state index is 12.6. The van der Waals surface area contributed by atoms with Crippen LogP contribution in [0, 0.1) is 0 Å². The Kier molecular flexibility index (Phi) is 4.01. The Morgan fingerprint density at radius 1 is 1.16 bits per heavy atom. The Labute approximate surface area is 145 Å². The highest BCUT2D eigenvalue weighted by atomic mass is 16.5. The molecule has 128 valence electrons. The quantitative estimate of drug-likeness (QED) is 0.904. The zero-order valence-corrected chi connectivity index (χ0v) is 13.7. The molecule has 1 atom stereocenters. The Hall–Kier alpha value is -3.02. The molecule has 0 radical (unpaired) electrons. The van der Waals surface area contributed by atoms with Gasteiger partial charge in [0.05, 0.1) is 12.6 Å². The number of hydrogen-bond donors (Lipinski definition) is 2. The summed E-state index contributed by atoms with van der Waals surface area (Å²) in [5.41, 5.74) is 2.38. The number of hydrogen-bond acceptors (Lipinski definition) is 3. The monoisotopic (exact) mass is 337 g/mol. The van der Waals surface area contributed by atoms with Crippen LogP contribution >= 0.6 is 0 Å². The van der Waals surface area contributed by atoms with Crippen LogP contribution in [0.3, 0.4) is 0 Å². The van der Waals surface area contributed by atoms with Gasteiger partial charge in [0.15, 0.2) is 0 Å². The van der Waals surface area contributed by atoms with Gasteiger partial charge in [-0.25, -0.2) is 4.79 Å². The van der Waals surface area contributed by atoms with Gasteiger partial charge in [-0.05, 0) is 30.3 Å². The van der Waals surface area contributed by atoms with Crippen LogP contribution in [0.5, 0.6) is 5.75 Å². The van der Waals surface area contributed by atoms with Crippen molar-refractivity contribution in [3.05, 3.63) is 59.7 Å². The van der Waals surface area contributed by atoms with Crippen molar-refractivity contribution in [2.75, 3.05) is 24.6 Å². The van der Waals surface area contributed by atoms with Crippen LogP contribution in [0.2, 0.25) is 0 Å². The second kappa shape index (κ2) is 6.47. The molecule has 0 aliphatic carbocycles. The minimum absolute atomic E-state index is 0.0542. The second-order valence-corrected chi connectivity index (χ2v) is 6.13. The first-order valence-corrected chi connectivity index (χ1v) is 8.40. The first-order chi connectivity index (χ1) is 12.2. The molecule has 2 heterocycles. The molecule has 25 heavy (non-hydrogen) atoms. The number of nitrogens with zero attached hydrogens (tertiary/aromatic N) is 1. The van der Waals surface area contributed by atoms with Gasteiger partial charge >= 0.3 is 6.03 Å². The number of carbonyl (C=O) groups excluding carboxylic acids is 2. The maximum absolute atomic E-state index is 12.6. The van der Waals surface area contributed by atoms with Gasteiger partial charge in [-0.2, -0.15) is 0 Å². The van der Waals surface area contributed by atoms with E-state index < -0.39 is 0 Å². The van der Waals surface area contributed by atoms with Crippen LogP contribution in [0.25, 0.3) is 0 Å². The van der Waals surface area contributed by atoms with Gasteiger partial charge in [-0.1, -0.05) is 18.2 Å². The Morgan fingerprint density at radius 2 is 1.96 bits per heavy atom. The first kappa shape index (κ1) is 15.5. The van der Waals surface area contributed by atoms with Crippen molar-refractivity contribution in [2.45, 2.75) is 12.5 Å². The van der Waals surface area contributed by atoms with Crippen LogP contribution in [0.1, 0.15) is 28.4 Å². The van der Waals surface area contributed by atoms with Crippen molar-refractivity contribution < 1.29 is 14.3 Å². The average molecular weight is 337 g/mol. The normalized spacial score (nSPS) is 19.0. The van der Waals surface area contributed by atoms with Crippen LogP contribution in [-0.2, 0) is 0 Å². The van der Waals surface area contributed by atoms with E-state index in [4.69, 9.17) is 4.74 Å². The standard InChI is InChI=1S/C19H19N3O3/c23-18(21-16-9-12-25-17-4-2-1-3-15(16)17)13-5-7-14(8-6-13)22-11-10-20-19(22)24/h1-8,16H,9-12H2,(H,20,24)(H,21,23)/t16-/m1/s1. The van der Waals surface area contributed by atoms with Crippen molar-refractivity contribution in [1.29, 1.82) is 0 Å². The van der Waals surface area contributed by atoms with E-state index in [1.807, 2.05) is 24.3 Å². The Morgan fingerprint density at radius 3 is 2.72 bits per heavy atom. The van der Waals surface area contributed by atoms with E-state index in [0.29, 0.717) is 25.3 Å². The lowest BCUT2D eigenvalue weighted by molar-refractivity contribution is 0.0925. The molecule has 2 N–H and O–H groups in total. The van der Waals surface area contributed by atoms with Crippen molar-refractivity contribution in [1.82, 2.24) is 10.6 Å². The predicted molar refractivity (Wildman–Crippen MR) is 93.9 cm³/mol. The molecule has 2 aromatic carbocycles. The van der Waals surface area contributed by atoms with Gasteiger partial charge in [0, 0.05) is 36.3 Å². The van der Waals surface area contributed by atoms with E-state index in [2.05, 4.69) is 10.6 Å². The zero-order valence-electron chi connectivity index (χ0n) is 13.7. The van der Waals surface area contributed by atoms with E-state index >= 15 is 0 Å². The predicted octanol–water partition coefficient (Wildman–Crippen LogP) is 2.47. The van der Waals surface area contributed by atoms with Gasteiger partial charge in [0.25, 0.3) is 5.91 Å². The maximum Gasteiger partial charge on any atom is 0.321 e. The van der Waals surface area contributed by atoms with Crippen LogP contribution < -0.4 is 20.3 Å². The highest BCUT2D eigenvalue weighted by molar-refractivity contribution is 5.97. The third-order valence-electron chi connectivity index (χ3n) is 4.56. The summed E-state index contributed by atoms with van der Waals surface area (Å²) in [6.07, 6.45) is 0.745. The van der Waals surface area contributed by atoms with E-state index in [1.165, 1.54) is 0 Å². The number of para-hydroxylation sites is 1. The minimum atomic E-state index is -0.126. The number of benzene rings is 2. The SMILES string of the molecule is O=C(N[C@@H]1CCOc2ccccc21)c1ccc(N2CCNC2=O)cc1. The van der Waals surface area contributed by atoms with E-state index in [0.717, 1.165) is 23.4 Å². The lowest BCUT2D eigenvalue weighted by Gasteiger charge is -2.26. The summed E-state index contributed by atoms with van der Waals surface area (Å²) in [6, 6.07) is 14.7.